The van der Waals surface area contributed by atoms with Crippen LogP contribution in [0.2, 0.25) is 0 Å². The van der Waals surface area contributed by atoms with E-state index in [1.807, 2.05) is 12.1 Å². The van der Waals surface area contributed by atoms with Gasteiger partial charge in [-0.3, -0.25) is 9.69 Å². The number of rotatable bonds is 5. The van der Waals surface area contributed by atoms with Crippen molar-refractivity contribution in [2.75, 3.05) is 13.1 Å². The average molecular weight is 235 g/mol. The summed E-state index contributed by atoms with van der Waals surface area (Å²) in [5.74, 6) is 1.05. The summed E-state index contributed by atoms with van der Waals surface area (Å²) < 4.78 is 5.27. The molecular weight excluding hydrogens is 214 g/mol. The number of likely N-dealkylation sites (tertiary alicyclic amines) is 1. The molecular formula is C14H21NO2. The Kier molecular flexibility index (Phi) is 3.67. The van der Waals surface area contributed by atoms with Gasteiger partial charge in [-0.05, 0) is 51.4 Å². The van der Waals surface area contributed by atoms with Crippen LogP contribution in [-0.4, -0.2) is 29.3 Å². The number of furan rings is 1. The van der Waals surface area contributed by atoms with E-state index in [2.05, 4.69) is 18.7 Å². The molecule has 0 amide bonds. The Morgan fingerprint density at radius 2 is 2.18 bits per heavy atom. The monoisotopic (exact) mass is 235 g/mol. The first-order chi connectivity index (χ1) is 8.16. The van der Waals surface area contributed by atoms with E-state index in [0.717, 1.165) is 25.3 Å². The molecule has 1 saturated heterocycles. The lowest BCUT2D eigenvalue weighted by molar-refractivity contribution is -0.129. The van der Waals surface area contributed by atoms with Crippen molar-refractivity contribution in [3.8, 4) is 0 Å². The van der Waals surface area contributed by atoms with Gasteiger partial charge in [-0.25, -0.2) is 0 Å². The molecule has 1 atom stereocenters. The van der Waals surface area contributed by atoms with Gasteiger partial charge < -0.3 is 4.42 Å². The Labute approximate surface area is 103 Å². The molecule has 0 N–H and O–H groups in total. The van der Waals surface area contributed by atoms with Crippen LogP contribution in [0.4, 0.5) is 0 Å². The maximum absolute atomic E-state index is 12.4. The van der Waals surface area contributed by atoms with Gasteiger partial charge >= 0.3 is 0 Å². The summed E-state index contributed by atoms with van der Waals surface area (Å²) >= 11 is 0. The maximum atomic E-state index is 12.4. The van der Waals surface area contributed by atoms with Crippen LogP contribution in [-0.2, 0) is 11.2 Å². The first kappa shape index (κ1) is 12.4. The maximum Gasteiger partial charge on any atom is 0.160 e. The van der Waals surface area contributed by atoms with Crippen molar-refractivity contribution in [3.05, 3.63) is 24.2 Å². The number of nitrogens with zero attached hydrogens (tertiary/aromatic N) is 1. The molecule has 2 heterocycles. The molecule has 1 fully saturated rings. The predicted octanol–water partition coefficient (Wildman–Crippen LogP) is 2.66. The zero-order valence-corrected chi connectivity index (χ0v) is 10.7. The summed E-state index contributed by atoms with van der Waals surface area (Å²) in [4.78, 5) is 14.8. The second-order valence-electron chi connectivity index (χ2n) is 5.00. The van der Waals surface area contributed by atoms with E-state index in [1.165, 1.54) is 12.8 Å². The van der Waals surface area contributed by atoms with Crippen LogP contribution in [0.1, 0.15) is 38.9 Å². The van der Waals surface area contributed by atoms with Crippen LogP contribution < -0.4 is 0 Å². The van der Waals surface area contributed by atoms with E-state index >= 15 is 0 Å². The van der Waals surface area contributed by atoms with Crippen molar-refractivity contribution in [3.63, 3.8) is 0 Å². The Morgan fingerprint density at radius 1 is 1.47 bits per heavy atom. The third-order valence-corrected chi connectivity index (χ3v) is 4.01. The van der Waals surface area contributed by atoms with Gasteiger partial charge in [-0.15, -0.1) is 0 Å². The summed E-state index contributed by atoms with van der Waals surface area (Å²) in [6, 6.07) is 3.71. The molecule has 0 aliphatic carbocycles. The van der Waals surface area contributed by atoms with Gasteiger partial charge in [0.25, 0.3) is 0 Å². The van der Waals surface area contributed by atoms with Crippen LogP contribution in [0.3, 0.4) is 0 Å². The van der Waals surface area contributed by atoms with Gasteiger partial charge in [0.1, 0.15) is 5.76 Å². The fourth-order valence-electron chi connectivity index (χ4n) is 2.57. The van der Waals surface area contributed by atoms with Crippen LogP contribution >= 0.6 is 0 Å². The van der Waals surface area contributed by atoms with Gasteiger partial charge in [0, 0.05) is 0 Å². The molecule has 94 valence electrons. The molecule has 3 nitrogen and oxygen atoms in total. The van der Waals surface area contributed by atoms with E-state index in [-0.39, 0.29) is 11.3 Å². The van der Waals surface area contributed by atoms with Crippen LogP contribution in [0.5, 0.6) is 0 Å². The van der Waals surface area contributed by atoms with Crippen molar-refractivity contribution in [1.29, 1.82) is 0 Å². The van der Waals surface area contributed by atoms with Crippen molar-refractivity contribution < 1.29 is 9.21 Å². The normalized spacial score (nSPS) is 20.4. The molecule has 1 unspecified atom stereocenters. The first-order valence-corrected chi connectivity index (χ1v) is 6.47. The van der Waals surface area contributed by atoms with Crippen molar-refractivity contribution in [2.24, 2.45) is 0 Å². The third-order valence-electron chi connectivity index (χ3n) is 4.01. The lowest BCUT2D eigenvalue weighted by Gasteiger charge is -2.36. The average Bonchev–Trinajstić information content (AvgIpc) is 3.00. The number of Topliss-reactive ketones (excluding diaryl/α,β-unsaturated/α-hetero) is 1. The highest BCUT2D eigenvalue weighted by Crippen LogP contribution is 2.26. The molecule has 0 spiro atoms. The van der Waals surface area contributed by atoms with E-state index in [1.54, 1.807) is 6.26 Å². The molecule has 0 radical (unpaired) electrons. The van der Waals surface area contributed by atoms with Crippen molar-refractivity contribution in [1.82, 2.24) is 4.90 Å². The largest absolute Gasteiger partial charge is 0.469 e. The van der Waals surface area contributed by atoms with Gasteiger partial charge in [0.15, 0.2) is 5.78 Å². The Hall–Kier alpha value is -1.09. The van der Waals surface area contributed by atoms with E-state index in [0.29, 0.717) is 6.42 Å². The molecule has 1 aliphatic rings. The molecule has 2 rings (SSSR count). The molecule has 0 saturated carbocycles. The predicted molar refractivity (Wildman–Crippen MR) is 66.9 cm³/mol. The second-order valence-corrected chi connectivity index (χ2v) is 5.00. The Bertz CT molecular complexity index is 366. The fourth-order valence-corrected chi connectivity index (χ4v) is 2.57. The highest BCUT2D eigenvalue weighted by atomic mass is 16.3. The van der Waals surface area contributed by atoms with Gasteiger partial charge in [-0.2, -0.15) is 0 Å². The lowest BCUT2D eigenvalue weighted by Crippen LogP contribution is -2.51. The first-order valence-electron chi connectivity index (χ1n) is 6.47. The zero-order chi connectivity index (χ0) is 12.3. The number of carbonyl (C=O) groups is 1. The third kappa shape index (κ3) is 2.44. The molecule has 17 heavy (non-hydrogen) atoms. The van der Waals surface area contributed by atoms with Crippen molar-refractivity contribution >= 4 is 5.78 Å². The standard InChI is InChI=1S/C14H21NO2/c1-3-14(2,15-8-4-5-9-15)13(16)11-12-7-6-10-17-12/h6-7,10H,3-5,8-9,11H2,1-2H3. The molecule has 3 heteroatoms. The fraction of sp³-hybridized carbons (Fsp3) is 0.643. The van der Waals surface area contributed by atoms with Crippen LogP contribution in [0, 0.1) is 0 Å². The van der Waals surface area contributed by atoms with Gasteiger partial charge in [-0.1, -0.05) is 6.92 Å². The number of carbonyl (C=O) groups excluding carboxylic acids is 1. The summed E-state index contributed by atoms with van der Waals surface area (Å²) in [5, 5.41) is 0. The number of ketones is 1. The lowest BCUT2D eigenvalue weighted by atomic mass is 9.89. The van der Waals surface area contributed by atoms with Crippen LogP contribution in [0.15, 0.2) is 22.8 Å². The van der Waals surface area contributed by atoms with E-state index in [9.17, 15) is 4.79 Å². The summed E-state index contributed by atoms with van der Waals surface area (Å²) in [7, 11) is 0. The van der Waals surface area contributed by atoms with Gasteiger partial charge in [0.05, 0.1) is 18.2 Å². The molecule has 1 aromatic heterocycles. The zero-order valence-electron chi connectivity index (χ0n) is 10.7. The smallest absolute Gasteiger partial charge is 0.160 e. The SMILES string of the molecule is CCC(C)(C(=O)Cc1ccco1)N1CCCC1. The number of hydrogen-bond donors (Lipinski definition) is 0. The second kappa shape index (κ2) is 5.05. The van der Waals surface area contributed by atoms with Crippen molar-refractivity contribution in [2.45, 2.75) is 45.1 Å². The van der Waals surface area contributed by atoms with E-state index in [4.69, 9.17) is 4.42 Å². The van der Waals surface area contributed by atoms with Gasteiger partial charge in [0.2, 0.25) is 0 Å². The molecule has 0 aromatic carbocycles. The highest BCUT2D eigenvalue weighted by Gasteiger charge is 2.38. The molecule has 0 bridgehead atoms. The summed E-state index contributed by atoms with van der Waals surface area (Å²) in [6.45, 7) is 6.27. The van der Waals surface area contributed by atoms with E-state index < -0.39 is 0 Å². The highest BCUT2D eigenvalue weighted by molar-refractivity contribution is 5.89. The Morgan fingerprint density at radius 3 is 2.71 bits per heavy atom. The van der Waals surface area contributed by atoms with Crippen LogP contribution in [0.25, 0.3) is 0 Å². The topological polar surface area (TPSA) is 33.5 Å². The minimum atomic E-state index is -0.316. The molecule has 1 aromatic rings. The Balaban J connectivity index is 2.08. The minimum Gasteiger partial charge on any atom is -0.469 e. The number of hydrogen-bond acceptors (Lipinski definition) is 3. The summed E-state index contributed by atoms with van der Waals surface area (Å²) in [6.07, 6.45) is 5.33. The minimum absolute atomic E-state index is 0.275. The summed E-state index contributed by atoms with van der Waals surface area (Å²) in [5.41, 5.74) is -0.316. The quantitative estimate of drug-likeness (QED) is 0.786. The molecule has 1 aliphatic heterocycles.